The third-order valence-corrected chi connectivity index (χ3v) is 5.68. The van der Waals surface area contributed by atoms with Crippen LogP contribution in [0.25, 0.3) is 0 Å². The third-order valence-electron chi connectivity index (χ3n) is 5.68. The fraction of sp³-hybridized carbons (Fsp3) is 0.600. The highest BCUT2D eigenvalue weighted by molar-refractivity contribution is 5.95. The van der Waals surface area contributed by atoms with E-state index >= 15 is 0 Å². The van der Waals surface area contributed by atoms with Gasteiger partial charge in [0.05, 0.1) is 5.41 Å². The van der Waals surface area contributed by atoms with Crippen LogP contribution in [0.5, 0.6) is 0 Å². The van der Waals surface area contributed by atoms with Gasteiger partial charge in [0.15, 0.2) is 0 Å². The number of carbonyl (C=O) groups is 2. The minimum atomic E-state index is -0.505. The smallest absolute Gasteiger partial charge is 0.253 e. The second-order valence-corrected chi connectivity index (χ2v) is 7.68. The molecule has 5 nitrogen and oxygen atoms in total. The molecule has 2 saturated heterocycles. The van der Waals surface area contributed by atoms with E-state index in [1.165, 1.54) is 0 Å². The van der Waals surface area contributed by atoms with Crippen molar-refractivity contribution >= 4 is 11.8 Å². The summed E-state index contributed by atoms with van der Waals surface area (Å²) in [4.78, 5) is 29.6. The van der Waals surface area contributed by atoms with Gasteiger partial charge >= 0.3 is 0 Å². The van der Waals surface area contributed by atoms with E-state index in [4.69, 9.17) is 0 Å². The second kappa shape index (κ2) is 7.56. The zero-order chi connectivity index (χ0) is 17.9. The third kappa shape index (κ3) is 3.87. The van der Waals surface area contributed by atoms with Crippen molar-refractivity contribution in [3.8, 4) is 0 Å². The molecule has 2 aliphatic heterocycles. The van der Waals surface area contributed by atoms with Crippen LogP contribution in [0.1, 0.15) is 43.0 Å². The number of piperidine rings is 2. The molecule has 2 fully saturated rings. The lowest BCUT2D eigenvalue weighted by Crippen LogP contribution is -2.54. The topological polar surface area (TPSA) is 60.9 Å². The maximum absolute atomic E-state index is 13.1. The largest absolute Gasteiger partial charge is 0.396 e. The summed E-state index contributed by atoms with van der Waals surface area (Å²) in [7, 11) is 0. The van der Waals surface area contributed by atoms with Crippen LogP contribution in [0.15, 0.2) is 30.3 Å². The maximum atomic E-state index is 13.1. The molecule has 0 aromatic heterocycles. The summed E-state index contributed by atoms with van der Waals surface area (Å²) in [6, 6.07) is 9.29. The van der Waals surface area contributed by atoms with Crippen molar-refractivity contribution in [2.45, 2.75) is 32.6 Å². The van der Waals surface area contributed by atoms with Crippen molar-refractivity contribution in [3.05, 3.63) is 35.9 Å². The Morgan fingerprint density at radius 3 is 2.44 bits per heavy atom. The SMILES string of the molecule is CC1(C(=O)N2CCC(CO)CC2)CCCN(C(=O)c2ccccc2)C1. The fourth-order valence-electron chi connectivity index (χ4n) is 4.05. The van der Waals surface area contributed by atoms with E-state index < -0.39 is 5.41 Å². The Kier molecular flexibility index (Phi) is 5.42. The number of amides is 2. The Hall–Kier alpha value is -1.88. The molecule has 2 aliphatic rings. The number of nitrogens with zero attached hydrogens (tertiary/aromatic N) is 2. The molecule has 25 heavy (non-hydrogen) atoms. The molecule has 136 valence electrons. The van der Waals surface area contributed by atoms with Gasteiger partial charge in [-0.3, -0.25) is 9.59 Å². The molecule has 2 heterocycles. The normalized spacial score (nSPS) is 25.0. The number of aliphatic hydroxyl groups excluding tert-OH is 1. The Bertz CT molecular complexity index is 611. The molecule has 2 amide bonds. The standard InChI is InChI=1S/C20H28N2O3/c1-20(19(25)21-12-8-16(14-23)9-13-21)10-5-11-22(15-20)18(24)17-6-3-2-4-7-17/h2-4,6-7,16,23H,5,8-15H2,1H3. The van der Waals surface area contributed by atoms with Crippen molar-refractivity contribution in [1.82, 2.24) is 9.80 Å². The summed E-state index contributed by atoms with van der Waals surface area (Å²) < 4.78 is 0. The summed E-state index contributed by atoms with van der Waals surface area (Å²) >= 11 is 0. The van der Waals surface area contributed by atoms with Gasteiger partial charge in [-0.15, -0.1) is 0 Å². The second-order valence-electron chi connectivity index (χ2n) is 7.68. The first-order valence-corrected chi connectivity index (χ1v) is 9.28. The van der Waals surface area contributed by atoms with E-state index in [9.17, 15) is 14.7 Å². The summed E-state index contributed by atoms with van der Waals surface area (Å²) in [6.45, 7) is 4.83. The predicted octanol–water partition coefficient (Wildman–Crippen LogP) is 2.16. The zero-order valence-corrected chi connectivity index (χ0v) is 15.0. The molecule has 1 N–H and O–H groups in total. The van der Waals surface area contributed by atoms with Gasteiger partial charge in [0.1, 0.15) is 0 Å². The quantitative estimate of drug-likeness (QED) is 0.914. The number of aliphatic hydroxyl groups is 1. The van der Waals surface area contributed by atoms with E-state index in [-0.39, 0.29) is 18.4 Å². The van der Waals surface area contributed by atoms with E-state index in [1.54, 1.807) is 0 Å². The lowest BCUT2D eigenvalue weighted by Gasteiger charge is -2.43. The first kappa shape index (κ1) is 17.9. The average molecular weight is 344 g/mol. The van der Waals surface area contributed by atoms with Crippen LogP contribution in [0.3, 0.4) is 0 Å². The predicted molar refractivity (Wildman–Crippen MR) is 96.1 cm³/mol. The van der Waals surface area contributed by atoms with Crippen LogP contribution in [-0.2, 0) is 4.79 Å². The molecule has 0 aliphatic carbocycles. The van der Waals surface area contributed by atoms with Gasteiger partial charge in [-0.1, -0.05) is 18.2 Å². The number of hydrogen-bond donors (Lipinski definition) is 1. The van der Waals surface area contributed by atoms with E-state index in [2.05, 4.69) is 0 Å². The van der Waals surface area contributed by atoms with Crippen LogP contribution in [0, 0.1) is 11.3 Å². The molecule has 1 aromatic carbocycles. The average Bonchev–Trinajstić information content (AvgIpc) is 2.67. The lowest BCUT2D eigenvalue weighted by molar-refractivity contribution is -0.145. The number of rotatable bonds is 3. The van der Waals surface area contributed by atoms with Crippen LogP contribution in [0.4, 0.5) is 0 Å². The van der Waals surface area contributed by atoms with E-state index in [0.717, 1.165) is 25.7 Å². The minimum Gasteiger partial charge on any atom is -0.396 e. The molecule has 3 rings (SSSR count). The molecule has 0 bridgehead atoms. The van der Waals surface area contributed by atoms with Crippen molar-refractivity contribution in [3.63, 3.8) is 0 Å². The summed E-state index contributed by atoms with van der Waals surface area (Å²) in [5, 5.41) is 9.27. The van der Waals surface area contributed by atoms with Crippen LogP contribution in [-0.4, -0.2) is 59.5 Å². The summed E-state index contributed by atoms with van der Waals surface area (Å²) in [5.41, 5.74) is 0.178. The van der Waals surface area contributed by atoms with Crippen LogP contribution >= 0.6 is 0 Å². The summed E-state index contributed by atoms with van der Waals surface area (Å²) in [5.74, 6) is 0.493. The van der Waals surface area contributed by atoms with E-state index in [0.29, 0.717) is 37.7 Å². The minimum absolute atomic E-state index is 0.0123. The van der Waals surface area contributed by atoms with Gasteiger partial charge in [0, 0.05) is 38.3 Å². The highest BCUT2D eigenvalue weighted by Crippen LogP contribution is 2.33. The number of benzene rings is 1. The molecule has 0 spiro atoms. The Morgan fingerprint density at radius 2 is 1.80 bits per heavy atom. The lowest BCUT2D eigenvalue weighted by atomic mass is 9.79. The van der Waals surface area contributed by atoms with Gasteiger partial charge in [0.2, 0.25) is 5.91 Å². The maximum Gasteiger partial charge on any atom is 0.253 e. The molecular formula is C20H28N2O3. The molecule has 0 saturated carbocycles. The van der Waals surface area contributed by atoms with Crippen LogP contribution < -0.4 is 0 Å². The highest BCUT2D eigenvalue weighted by Gasteiger charge is 2.42. The van der Waals surface area contributed by atoms with Gasteiger partial charge in [-0.05, 0) is 50.7 Å². The molecule has 1 aromatic rings. The van der Waals surface area contributed by atoms with Gasteiger partial charge < -0.3 is 14.9 Å². The highest BCUT2D eigenvalue weighted by atomic mass is 16.3. The molecular weight excluding hydrogens is 316 g/mol. The Labute approximate surface area is 149 Å². The van der Waals surface area contributed by atoms with E-state index in [1.807, 2.05) is 47.1 Å². The monoisotopic (exact) mass is 344 g/mol. The zero-order valence-electron chi connectivity index (χ0n) is 15.0. The van der Waals surface area contributed by atoms with Crippen LogP contribution in [0.2, 0.25) is 0 Å². The van der Waals surface area contributed by atoms with Gasteiger partial charge in [-0.2, -0.15) is 0 Å². The van der Waals surface area contributed by atoms with Crippen molar-refractivity contribution < 1.29 is 14.7 Å². The van der Waals surface area contributed by atoms with Gasteiger partial charge in [0.25, 0.3) is 5.91 Å². The Balaban J connectivity index is 1.67. The number of carbonyl (C=O) groups excluding carboxylic acids is 2. The molecule has 1 atom stereocenters. The van der Waals surface area contributed by atoms with Crippen molar-refractivity contribution in [1.29, 1.82) is 0 Å². The first-order chi connectivity index (χ1) is 12.0. The first-order valence-electron chi connectivity index (χ1n) is 9.28. The van der Waals surface area contributed by atoms with Crippen molar-refractivity contribution in [2.75, 3.05) is 32.8 Å². The molecule has 5 heteroatoms. The number of likely N-dealkylation sites (tertiary alicyclic amines) is 2. The molecule has 0 radical (unpaired) electrons. The number of hydrogen-bond acceptors (Lipinski definition) is 3. The van der Waals surface area contributed by atoms with Crippen molar-refractivity contribution in [2.24, 2.45) is 11.3 Å². The molecule has 1 unspecified atom stereocenters. The fourth-order valence-corrected chi connectivity index (χ4v) is 4.05. The Morgan fingerprint density at radius 1 is 1.12 bits per heavy atom. The summed E-state index contributed by atoms with van der Waals surface area (Å²) in [6.07, 6.45) is 3.41. The van der Waals surface area contributed by atoms with Gasteiger partial charge in [-0.25, -0.2) is 0 Å².